The molecule has 3 heterocycles. The highest BCUT2D eigenvalue weighted by Crippen LogP contribution is 2.40. The van der Waals surface area contributed by atoms with Crippen molar-refractivity contribution in [1.29, 1.82) is 0 Å². The number of nitrogens with zero attached hydrogens (tertiary/aromatic N) is 3. The Morgan fingerprint density at radius 2 is 1.42 bits per heavy atom. The summed E-state index contributed by atoms with van der Waals surface area (Å²) in [4.78, 5) is 28.8. The van der Waals surface area contributed by atoms with Gasteiger partial charge >= 0.3 is 11.7 Å². The maximum atomic E-state index is 14.4. The molecule has 45 heavy (non-hydrogen) atoms. The van der Waals surface area contributed by atoms with E-state index in [1.165, 1.54) is 0 Å². The van der Waals surface area contributed by atoms with Crippen molar-refractivity contribution in [3.05, 3.63) is 164 Å². The SMILES string of the molecule is Cc1c([C@@H]2CN(Cc3cn(C(c4ccccc4)(c4ccccc4)c4ccccc4)c(=O)n3C)C[C@H](N)N2)ccc2c1COC2=O. The molecule has 2 aliphatic rings. The summed E-state index contributed by atoms with van der Waals surface area (Å²) in [7, 11) is 1.85. The van der Waals surface area contributed by atoms with Crippen LogP contribution in [0.3, 0.4) is 0 Å². The molecule has 4 aromatic carbocycles. The number of rotatable bonds is 7. The lowest BCUT2D eigenvalue weighted by molar-refractivity contribution is 0.0535. The molecule has 8 nitrogen and oxygen atoms in total. The van der Waals surface area contributed by atoms with Crippen LogP contribution in [-0.4, -0.2) is 39.3 Å². The summed E-state index contributed by atoms with van der Waals surface area (Å²) in [6.45, 7) is 4.22. The number of imidazole rings is 1. The highest BCUT2D eigenvalue weighted by atomic mass is 16.5. The number of benzene rings is 4. The smallest absolute Gasteiger partial charge is 0.338 e. The van der Waals surface area contributed by atoms with Gasteiger partial charge in [0.25, 0.3) is 0 Å². The van der Waals surface area contributed by atoms with Crippen molar-refractivity contribution in [3.8, 4) is 0 Å². The Bertz CT molecular complexity index is 1800. The molecule has 0 radical (unpaired) electrons. The van der Waals surface area contributed by atoms with Gasteiger partial charge in [-0.25, -0.2) is 9.59 Å². The van der Waals surface area contributed by atoms with Crippen molar-refractivity contribution in [2.24, 2.45) is 12.8 Å². The second-order valence-electron chi connectivity index (χ2n) is 12.0. The zero-order chi connectivity index (χ0) is 31.1. The van der Waals surface area contributed by atoms with Crippen molar-refractivity contribution < 1.29 is 9.53 Å². The van der Waals surface area contributed by atoms with Gasteiger partial charge in [-0.15, -0.1) is 0 Å². The molecule has 5 aromatic rings. The lowest BCUT2D eigenvalue weighted by Gasteiger charge is -2.38. The molecule has 8 heteroatoms. The van der Waals surface area contributed by atoms with E-state index in [2.05, 4.69) is 46.6 Å². The molecule has 3 N–H and O–H groups in total. The molecular formula is C37H37N5O3. The van der Waals surface area contributed by atoms with Gasteiger partial charge in [0.15, 0.2) is 0 Å². The number of carbonyl (C=O) groups excluding carboxylic acids is 1. The van der Waals surface area contributed by atoms with Gasteiger partial charge in [-0.05, 0) is 40.8 Å². The van der Waals surface area contributed by atoms with Gasteiger partial charge in [0.1, 0.15) is 12.1 Å². The van der Waals surface area contributed by atoms with Gasteiger partial charge < -0.3 is 10.5 Å². The molecule has 0 amide bonds. The van der Waals surface area contributed by atoms with E-state index in [-0.39, 0.29) is 23.9 Å². The third-order valence-corrected chi connectivity index (χ3v) is 9.42. The van der Waals surface area contributed by atoms with Crippen LogP contribution in [0, 0.1) is 6.92 Å². The Morgan fingerprint density at radius 3 is 2.00 bits per heavy atom. The number of nitrogens with two attached hydrogens (primary N) is 1. The van der Waals surface area contributed by atoms with Gasteiger partial charge in [0.05, 0.1) is 17.4 Å². The predicted octanol–water partition coefficient (Wildman–Crippen LogP) is 4.44. The first-order chi connectivity index (χ1) is 21.9. The van der Waals surface area contributed by atoms with Crippen LogP contribution in [0.2, 0.25) is 0 Å². The molecule has 228 valence electrons. The normalized spacial score (nSPS) is 18.5. The Morgan fingerprint density at radius 1 is 0.844 bits per heavy atom. The number of aromatic nitrogens is 2. The average Bonchev–Trinajstić information content (AvgIpc) is 3.58. The van der Waals surface area contributed by atoms with E-state index in [0.29, 0.717) is 31.8 Å². The van der Waals surface area contributed by atoms with Gasteiger partial charge in [0.2, 0.25) is 0 Å². The third kappa shape index (κ3) is 4.91. The highest BCUT2D eigenvalue weighted by Gasteiger charge is 2.40. The van der Waals surface area contributed by atoms with Gasteiger partial charge in [-0.1, -0.05) is 97.1 Å². The lowest BCUT2D eigenvalue weighted by atomic mass is 9.76. The van der Waals surface area contributed by atoms with Crippen LogP contribution in [-0.2, 0) is 30.5 Å². The fraction of sp³-hybridized carbons (Fsp3) is 0.243. The number of fused-ring (bicyclic) bond motifs is 1. The summed E-state index contributed by atoms with van der Waals surface area (Å²) < 4.78 is 8.94. The van der Waals surface area contributed by atoms with Crippen LogP contribution in [0.5, 0.6) is 0 Å². The fourth-order valence-electron chi connectivity index (χ4n) is 7.18. The number of ether oxygens (including phenoxy) is 1. The van der Waals surface area contributed by atoms with Crippen LogP contribution in [0.15, 0.2) is 114 Å². The molecule has 0 aliphatic carbocycles. The van der Waals surface area contributed by atoms with Crippen molar-refractivity contribution in [2.75, 3.05) is 13.1 Å². The quantitative estimate of drug-likeness (QED) is 0.212. The molecule has 7 rings (SSSR count). The van der Waals surface area contributed by atoms with E-state index < -0.39 is 5.54 Å². The Hall–Kier alpha value is -4.76. The van der Waals surface area contributed by atoms with Crippen LogP contribution >= 0.6 is 0 Å². The molecule has 1 aromatic heterocycles. The zero-order valence-electron chi connectivity index (χ0n) is 25.5. The highest BCUT2D eigenvalue weighted by molar-refractivity contribution is 5.94. The molecule has 0 bridgehead atoms. The number of carbonyl (C=O) groups is 1. The van der Waals surface area contributed by atoms with Crippen molar-refractivity contribution in [1.82, 2.24) is 19.4 Å². The molecular weight excluding hydrogens is 562 g/mol. The second-order valence-corrected chi connectivity index (χ2v) is 12.0. The lowest BCUT2D eigenvalue weighted by Crippen LogP contribution is -2.56. The Kier molecular flexibility index (Phi) is 7.49. The maximum Gasteiger partial charge on any atom is 0.338 e. The number of esters is 1. The van der Waals surface area contributed by atoms with Crippen molar-refractivity contribution in [2.45, 2.75) is 37.8 Å². The molecule has 2 aliphatic heterocycles. The molecule has 0 unspecified atom stereocenters. The summed E-state index contributed by atoms with van der Waals surface area (Å²) in [5.41, 5.74) is 13.2. The zero-order valence-corrected chi connectivity index (χ0v) is 25.5. The van der Waals surface area contributed by atoms with E-state index in [1.807, 2.05) is 91.5 Å². The van der Waals surface area contributed by atoms with Crippen LogP contribution in [0.4, 0.5) is 0 Å². The summed E-state index contributed by atoms with van der Waals surface area (Å²) in [6, 6.07) is 34.5. The fourth-order valence-corrected chi connectivity index (χ4v) is 7.18. The second kappa shape index (κ2) is 11.6. The molecule has 2 atom stereocenters. The summed E-state index contributed by atoms with van der Waals surface area (Å²) in [5.74, 6) is -0.266. The molecule has 0 spiro atoms. The number of piperazine rings is 1. The maximum absolute atomic E-state index is 14.4. The van der Waals surface area contributed by atoms with Gasteiger partial charge in [-0.2, -0.15) is 0 Å². The Balaban J connectivity index is 1.29. The number of nitrogens with one attached hydrogen (secondary N) is 1. The predicted molar refractivity (Wildman–Crippen MR) is 174 cm³/mol. The van der Waals surface area contributed by atoms with Gasteiger partial charge in [0, 0.05) is 44.5 Å². The molecule has 1 fully saturated rings. The van der Waals surface area contributed by atoms with E-state index >= 15 is 0 Å². The van der Waals surface area contributed by atoms with E-state index in [9.17, 15) is 9.59 Å². The van der Waals surface area contributed by atoms with E-state index in [4.69, 9.17) is 10.5 Å². The minimum Gasteiger partial charge on any atom is -0.457 e. The first-order valence-corrected chi connectivity index (χ1v) is 15.4. The minimum absolute atomic E-state index is 0.0362. The van der Waals surface area contributed by atoms with Crippen molar-refractivity contribution in [3.63, 3.8) is 0 Å². The summed E-state index contributed by atoms with van der Waals surface area (Å²) in [6.07, 6.45) is 1.76. The third-order valence-electron chi connectivity index (χ3n) is 9.42. The van der Waals surface area contributed by atoms with E-state index in [1.54, 1.807) is 4.57 Å². The van der Waals surface area contributed by atoms with Crippen molar-refractivity contribution >= 4 is 5.97 Å². The molecule has 0 saturated carbocycles. The van der Waals surface area contributed by atoms with Crippen LogP contribution in [0.1, 0.15) is 55.5 Å². The largest absolute Gasteiger partial charge is 0.457 e. The van der Waals surface area contributed by atoms with Crippen LogP contribution < -0.4 is 16.7 Å². The first-order valence-electron chi connectivity index (χ1n) is 15.4. The first kappa shape index (κ1) is 29.0. The standard InChI is InChI=1S/C37H37N5O3/c1-25-30(18-19-31-32(25)24-45-35(31)43)33-22-41(23-34(38)39-33)20-29-21-42(36(44)40(29)2)37(26-12-6-3-7-13-26,27-14-8-4-9-15-27)28-16-10-5-11-17-28/h3-19,21,33-34,39H,20,22-24,38H2,1-2H3/t33-,34+/m0/s1. The number of hydrogen-bond acceptors (Lipinski definition) is 6. The topological polar surface area (TPSA) is 94.5 Å². The summed E-state index contributed by atoms with van der Waals surface area (Å²) >= 11 is 0. The van der Waals surface area contributed by atoms with E-state index in [0.717, 1.165) is 39.1 Å². The Labute approximate surface area is 262 Å². The minimum atomic E-state index is -0.889. The monoisotopic (exact) mass is 599 g/mol. The number of hydrogen-bond donors (Lipinski definition) is 2. The molecule has 1 saturated heterocycles. The number of cyclic esters (lactones) is 1. The van der Waals surface area contributed by atoms with Crippen LogP contribution in [0.25, 0.3) is 0 Å². The summed E-state index contributed by atoms with van der Waals surface area (Å²) in [5, 5.41) is 3.55. The average molecular weight is 600 g/mol. The van der Waals surface area contributed by atoms with Gasteiger partial charge in [-0.3, -0.25) is 19.4 Å².